The first kappa shape index (κ1) is 19.2. The van der Waals surface area contributed by atoms with E-state index in [-0.39, 0.29) is 0 Å². The average molecular weight is 333 g/mol. The third kappa shape index (κ3) is 7.56. The van der Waals surface area contributed by atoms with Gasteiger partial charge in [0, 0.05) is 0 Å². The molecule has 0 nitrogen and oxygen atoms in total. The van der Waals surface area contributed by atoms with Crippen LogP contribution in [0.3, 0.4) is 0 Å². The molecule has 0 bridgehead atoms. The van der Waals surface area contributed by atoms with Crippen molar-refractivity contribution in [2.24, 2.45) is 0 Å². The summed E-state index contributed by atoms with van der Waals surface area (Å²) in [5.74, 6) is 0.597. The number of benzene rings is 2. The van der Waals surface area contributed by atoms with Crippen molar-refractivity contribution in [3.8, 4) is 0 Å². The van der Waals surface area contributed by atoms with Crippen LogP contribution in [0.15, 0.2) is 84.0 Å². The van der Waals surface area contributed by atoms with Gasteiger partial charge in [-0.05, 0) is 69.9 Å². The molecule has 0 aliphatic heterocycles. The Hall–Kier alpha value is -2.08. The molecule has 1 unspecified atom stereocenters. The van der Waals surface area contributed by atoms with Crippen LogP contribution in [0, 0.1) is 0 Å². The highest BCUT2D eigenvalue weighted by Gasteiger charge is 2.10. The number of hydrogen-bond donors (Lipinski definition) is 0. The highest BCUT2D eigenvalue weighted by molar-refractivity contribution is 5.22. The summed E-state index contributed by atoms with van der Waals surface area (Å²) in [5, 5.41) is 0. The first-order valence-corrected chi connectivity index (χ1v) is 9.53. The van der Waals surface area contributed by atoms with Crippen molar-refractivity contribution in [2.45, 2.75) is 58.8 Å². The zero-order valence-corrected chi connectivity index (χ0v) is 16.0. The van der Waals surface area contributed by atoms with E-state index in [0.717, 1.165) is 19.3 Å². The maximum Gasteiger partial charge on any atom is -0.0124 e. The second-order valence-corrected chi connectivity index (χ2v) is 7.24. The van der Waals surface area contributed by atoms with Gasteiger partial charge in [-0.3, -0.25) is 0 Å². The molecule has 2 aromatic carbocycles. The fraction of sp³-hybridized carbons (Fsp3) is 0.360. The number of aryl methyl sites for hydroxylation is 1. The zero-order chi connectivity index (χ0) is 17.9. The maximum atomic E-state index is 2.46. The van der Waals surface area contributed by atoms with Gasteiger partial charge >= 0.3 is 0 Å². The summed E-state index contributed by atoms with van der Waals surface area (Å²) in [6, 6.07) is 21.8. The highest BCUT2D eigenvalue weighted by Crippen LogP contribution is 2.26. The molecule has 0 saturated carbocycles. The summed E-state index contributed by atoms with van der Waals surface area (Å²) in [6.45, 7) is 6.63. The van der Waals surface area contributed by atoms with Crippen molar-refractivity contribution >= 4 is 0 Å². The predicted octanol–water partition coefficient (Wildman–Crippen LogP) is 7.49. The van der Waals surface area contributed by atoms with E-state index < -0.39 is 0 Å². The number of allylic oxidation sites excluding steroid dienone is 4. The van der Waals surface area contributed by atoms with Gasteiger partial charge in [0.25, 0.3) is 0 Å². The maximum absolute atomic E-state index is 2.46. The van der Waals surface area contributed by atoms with E-state index in [2.05, 4.69) is 93.6 Å². The minimum absolute atomic E-state index is 0.597. The first-order chi connectivity index (χ1) is 12.1. The monoisotopic (exact) mass is 332 g/mol. The molecule has 1 atom stereocenters. The Morgan fingerprint density at radius 3 is 2.12 bits per heavy atom. The van der Waals surface area contributed by atoms with Crippen LogP contribution >= 0.6 is 0 Å². The second kappa shape index (κ2) is 10.7. The molecule has 0 amide bonds. The fourth-order valence-corrected chi connectivity index (χ4v) is 3.17. The van der Waals surface area contributed by atoms with Gasteiger partial charge < -0.3 is 0 Å². The predicted molar refractivity (Wildman–Crippen MR) is 111 cm³/mol. The third-order valence-corrected chi connectivity index (χ3v) is 4.74. The zero-order valence-electron chi connectivity index (χ0n) is 16.0. The number of rotatable bonds is 9. The molecule has 0 N–H and O–H groups in total. The van der Waals surface area contributed by atoms with E-state index in [4.69, 9.17) is 0 Å². The molecule has 0 aliphatic carbocycles. The van der Waals surface area contributed by atoms with E-state index >= 15 is 0 Å². The summed E-state index contributed by atoms with van der Waals surface area (Å²) < 4.78 is 0. The molecule has 0 saturated heterocycles. The number of hydrogen-bond acceptors (Lipinski definition) is 0. The smallest absolute Gasteiger partial charge is 0.0124 e. The Morgan fingerprint density at radius 2 is 1.48 bits per heavy atom. The van der Waals surface area contributed by atoms with Crippen LogP contribution in [0.2, 0.25) is 0 Å². The molecular formula is C25H32. The summed E-state index contributed by atoms with van der Waals surface area (Å²) in [4.78, 5) is 0. The molecule has 0 aliphatic rings. The summed E-state index contributed by atoms with van der Waals surface area (Å²) >= 11 is 0. The van der Waals surface area contributed by atoms with Crippen LogP contribution in [0.4, 0.5) is 0 Å². The van der Waals surface area contributed by atoms with Gasteiger partial charge in [-0.1, -0.05) is 84.0 Å². The van der Waals surface area contributed by atoms with Crippen LogP contribution in [-0.4, -0.2) is 0 Å². The van der Waals surface area contributed by atoms with E-state index in [1.807, 2.05) is 0 Å². The van der Waals surface area contributed by atoms with Crippen molar-refractivity contribution in [1.29, 1.82) is 0 Å². The van der Waals surface area contributed by atoms with Crippen molar-refractivity contribution in [3.05, 3.63) is 95.1 Å². The summed E-state index contributed by atoms with van der Waals surface area (Å²) in [7, 11) is 0. The summed E-state index contributed by atoms with van der Waals surface area (Å²) in [6.07, 6.45) is 10.6. The standard InChI is InChI=1S/C25H32/c1-21(2)11-10-12-22(3)17-19-25(24-15-8-5-9-16-24)20-18-23-13-6-4-7-14-23/h4-9,11,13-17,25H,10,12,18-20H2,1-3H3/b22-17-. The van der Waals surface area contributed by atoms with Crippen molar-refractivity contribution in [1.82, 2.24) is 0 Å². The molecule has 0 heterocycles. The van der Waals surface area contributed by atoms with Crippen molar-refractivity contribution in [3.63, 3.8) is 0 Å². The lowest BCUT2D eigenvalue weighted by atomic mass is 9.89. The highest BCUT2D eigenvalue weighted by atomic mass is 14.1. The lowest BCUT2D eigenvalue weighted by Gasteiger charge is -2.16. The first-order valence-electron chi connectivity index (χ1n) is 9.53. The van der Waals surface area contributed by atoms with Crippen LogP contribution < -0.4 is 0 Å². The third-order valence-electron chi connectivity index (χ3n) is 4.74. The largest absolute Gasteiger partial charge is 0.0856 e. The SMILES string of the molecule is CC(C)=CCC/C(C)=C\CC(CCc1ccccc1)c1ccccc1. The van der Waals surface area contributed by atoms with E-state index in [1.165, 1.54) is 35.1 Å². The minimum Gasteiger partial charge on any atom is -0.0856 e. The van der Waals surface area contributed by atoms with Crippen LogP contribution in [0.5, 0.6) is 0 Å². The molecule has 0 aromatic heterocycles. The fourth-order valence-electron chi connectivity index (χ4n) is 3.17. The van der Waals surface area contributed by atoms with Crippen LogP contribution in [-0.2, 0) is 6.42 Å². The van der Waals surface area contributed by atoms with Gasteiger partial charge in [0.2, 0.25) is 0 Å². The summed E-state index contributed by atoms with van der Waals surface area (Å²) in [5.41, 5.74) is 5.83. The van der Waals surface area contributed by atoms with Gasteiger partial charge in [0.15, 0.2) is 0 Å². The van der Waals surface area contributed by atoms with Gasteiger partial charge in [-0.25, -0.2) is 0 Å². The van der Waals surface area contributed by atoms with E-state index in [0.29, 0.717) is 5.92 Å². The molecule has 132 valence electrons. The Morgan fingerprint density at radius 1 is 0.840 bits per heavy atom. The molecule has 2 aromatic rings. The van der Waals surface area contributed by atoms with Crippen molar-refractivity contribution in [2.75, 3.05) is 0 Å². The lowest BCUT2D eigenvalue weighted by molar-refractivity contribution is 0.629. The Balaban J connectivity index is 1.98. The van der Waals surface area contributed by atoms with Gasteiger partial charge in [0.1, 0.15) is 0 Å². The molecule has 0 spiro atoms. The second-order valence-electron chi connectivity index (χ2n) is 7.24. The van der Waals surface area contributed by atoms with Crippen LogP contribution in [0.25, 0.3) is 0 Å². The quantitative estimate of drug-likeness (QED) is 0.417. The molecule has 0 heteroatoms. The average Bonchev–Trinajstić information content (AvgIpc) is 2.63. The van der Waals surface area contributed by atoms with E-state index in [1.54, 1.807) is 0 Å². The van der Waals surface area contributed by atoms with Gasteiger partial charge in [0.05, 0.1) is 0 Å². The van der Waals surface area contributed by atoms with E-state index in [9.17, 15) is 0 Å². The molecular weight excluding hydrogens is 300 g/mol. The van der Waals surface area contributed by atoms with Crippen LogP contribution in [0.1, 0.15) is 63.5 Å². The normalized spacial score (nSPS) is 12.7. The van der Waals surface area contributed by atoms with Gasteiger partial charge in [-0.2, -0.15) is 0 Å². The van der Waals surface area contributed by atoms with Gasteiger partial charge in [-0.15, -0.1) is 0 Å². The molecule has 2 rings (SSSR count). The Kier molecular flexibility index (Phi) is 8.25. The Labute approximate surface area is 154 Å². The lowest BCUT2D eigenvalue weighted by Crippen LogP contribution is -2.00. The minimum atomic E-state index is 0.597. The Bertz CT molecular complexity index is 658. The molecule has 25 heavy (non-hydrogen) atoms. The molecule has 0 radical (unpaired) electrons. The van der Waals surface area contributed by atoms with Crippen molar-refractivity contribution < 1.29 is 0 Å². The molecule has 0 fully saturated rings. The topological polar surface area (TPSA) is 0 Å².